The molecule has 8 nitrogen and oxygen atoms in total. The lowest BCUT2D eigenvalue weighted by molar-refractivity contribution is -0.128. The van der Waals surface area contributed by atoms with Crippen molar-refractivity contribution in [2.45, 2.75) is 25.3 Å². The van der Waals surface area contributed by atoms with E-state index in [0.717, 1.165) is 37.4 Å². The van der Waals surface area contributed by atoms with Gasteiger partial charge >= 0.3 is 0 Å². The van der Waals surface area contributed by atoms with Gasteiger partial charge in [0.1, 0.15) is 12.1 Å². The number of nitrogens with one attached hydrogen (secondary N) is 1. The predicted octanol–water partition coefficient (Wildman–Crippen LogP) is 1.03. The summed E-state index contributed by atoms with van der Waals surface area (Å²) >= 11 is 1.30. The van der Waals surface area contributed by atoms with Gasteiger partial charge in [-0.25, -0.2) is 14.6 Å². The van der Waals surface area contributed by atoms with Gasteiger partial charge in [-0.15, -0.1) is 0 Å². The van der Waals surface area contributed by atoms with Gasteiger partial charge in [0.2, 0.25) is 11.0 Å². The monoisotopic (exact) mass is 372 g/mol. The molecule has 1 N–H and O–H groups in total. The Morgan fingerprint density at radius 1 is 1.27 bits per heavy atom. The summed E-state index contributed by atoms with van der Waals surface area (Å²) in [5.74, 6) is 2.11. The van der Waals surface area contributed by atoms with Crippen molar-refractivity contribution in [1.82, 2.24) is 25.1 Å². The van der Waals surface area contributed by atoms with Gasteiger partial charge < -0.3 is 10.2 Å². The number of rotatable bonds is 4. The molecule has 0 aromatic carbocycles. The van der Waals surface area contributed by atoms with Crippen molar-refractivity contribution in [3.63, 3.8) is 0 Å². The molecule has 26 heavy (non-hydrogen) atoms. The van der Waals surface area contributed by atoms with E-state index in [1.807, 2.05) is 18.3 Å². The summed E-state index contributed by atoms with van der Waals surface area (Å²) in [5, 5.41) is 7.19. The summed E-state index contributed by atoms with van der Waals surface area (Å²) in [6.07, 6.45) is 7.51. The van der Waals surface area contributed by atoms with Crippen LogP contribution >= 0.6 is 11.8 Å². The first-order chi connectivity index (χ1) is 12.7. The number of anilines is 1. The number of hydrogen-bond donors (Lipinski definition) is 1. The number of amides is 1. The summed E-state index contributed by atoms with van der Waals surface area (Å²) < 4.78 is 1.68. The van der Waals surface area contributed by atoms with Crippen LogP contribution in [0.15, 0.2) is 30.9 Å². The number of nitrogens with zero attached hydrogens (tertiary/aromatic N) is 5. The van der Waals surface area contributed by atoms with E-state index in [9.17, 15) is 9.59 Å². The Labute approximate surface area is 155 Å². The van der Waals surface area contributed by atoms with Crippen molar-refractivity contribution in [2.24, 2.45) is 5.92 Å². The molecule has 4 heterocycles. The fourth-order valence-corrected chi connectivity index (χ4v) is 4.29. The summed E-state index contributed by atoms with van der Waals surface area (Å²) in [4.78, 5) is 35.0. The molecule has 2 saturated heterocycles. The average Bonchev–Trinajstić information content (AvgIpc) is 3.35. The predicted molar refractivity (Wildman–Crippen MR) is 98.1 cm³/mol. The molecule has 2 aliphatic rings. The molecule has 2 aromatic heterocycles. The second-order valence-corrected chi connectivity index (χ2v) is 7.59. The second kappa shape index (κ2) is 7.45. The number of aromatic nitrogens is 4. The zero-order valence-corrected chi connectivity index (χ0v) is 15.1. The molecule has 0 spiro atoms. The van der Waals surface area contributed by atoms with Gasteiger partial charge in [0.05, 0.1) is 12.0 Å². The van der Waals surface area contributed by atoms with E-state index in [1.54, 1.807) is 10.9 Å². The van der Waals surface area contributed by atoms with Crippen molar-refractivity contribution < 1.29 is 9.59 Å². The summed E-state index contributed by atoms with van der Waals surface area (Å²) in [6.45, 7) is 1.44. The number of carbonyl (C=O) groups excluding carboxylic acids is 2. The molecule has 0 saturated carbocycles. The molecular formula is C17H20N6O2S. The summed E-state index contributed by atoms with van der Waals surface area (Å²) in [7, 11) is 0. The Morgan fingerprint density at radius 3 is 2.92 bits per heavy atom. The van der Waals surface area contributed by atoms with Gasteiger partial charge in [-0.1, -0.05) is 11.8 Å². The van der Waals surface area contributed by atoms with Crippen LogP contribution in [0.1, 0.15) is 19.3 Å². The first kappa shape index (κ1) is 17.0. The van der Waals surface area contributed by atoms with Gasteiger partial charge in [-0.3, -0.25) is 9.59 Å². The maximum Gasteiger partial charge on any atom is 0.225 e. The molecule has 0 radical (unpaired) electrons. The Hall–Kier alpha value is -2.42. The van der Waals surface area contributed by atoms with Gasteiger partial charge in [-0.05, 0) is 25.3 Å². The van der Waals surface area contributed by atoms with Crippen LogP contribution in [0.3, 0.4) is 0 Å². The number of carbonyl (C=O) groups is 2. The fraction of sp³-hybridized carbons (Fsp3) is 0.471. The Morgan fingerprint density at radius 2 is 2.15 bits per heavy atom. The van der Waals surface area contributed by atoms with Crippen molar-refractivity contribution in [2.75, 3.05) is 23.7 Å². The summed E-state index contributed by atoms with van der Waals surface area (Å²) in [5.41, 5.74) is 0. The number of piperidine rings is 1. The standard InChI is InChI=1S/C17H20N6O2S/c24-16(21-13-4-8-26-17(13)25)12-3-1-6-22(10-12)14-9-15(19-11-18-14)23-7-2-5-20-23/h2,5,7,9,11-13H,1,3-4,6,8,10H2,(H,21,24)/t12-,13-/m1/s1. The molecule has 4 rings (SSSR count). The van der Waals surface area contributed by atoms with E-state index in [-0.39, 0.29) is 23.0 Å². The van der Waals surface area contributed by atoms with E-state index in [4.69, 9.17) is 0 Å². The van der Waals surface area contributed by atoms with Crippen LogP contribution in [0.25, 0.3) is 5.82 Å². The van der Waals surface area contributed by atoms with E-state index in [1.165, 1.54) is 18.1 Å². The lowest BCUT2D eigenvalue weighted by Gasteiger charge is -2.33. The third-order valence-electron chi connectivity index (χ3n) is 4.75. The van der Waals surface area contributed by atoms with Gasteiger partial charge in [-0.2, -0.15) is 5.10 Å². The molecule has 136 valence electrons. The highest BCUT2D eigenvalue weighted by atomic mass is 32.2. The summed E-state index contributed by atoms with van der Waals surface area (Å²) in [6, 6.07) is 3.39. The van der Waals surface area contributed by atoms with Gasteiger partial charge in [0.15, 0.2) is 5.82 Å². The maximum absolute atomic E-state index is 12.6. The lowest BCUT2D eigenvalue weighted by atomic mass is 9.96. The molecule has 9 heteroatoms. The van der Waals surface area contributed by atoms with E-state index >= 15 is 0 Å². The Bertz CT molecular complexity index is 796. The Balaban J connectivity index is 1.44. The third-order valence-corrected chi connectivity index (χ3v) is 5.75. The molecule has 0 unspecified atom stereocenters. The minimum atomic E-state index is -0.326. The highest BCUT2D eigenvalue weighted by Crippen LogP contribution is 2.24. The van der Waals surface area contributed by atoms with E-state index in [0.29, 0.717) is 12.4 Å². The van der Waals surface area contributed by atoms with Crippen molar-refractivity contribution in [3.05, 3.63) is 30.9 Å². The third kappa shape index (κ3) is 3.57. The van der Waals surface area contributed by atoms with Crippen LogP contribution in [0.4, 0.5) is 5.82 Å². The number of thioether (sulfide) groups is 1. The molecule has 2 atom stereocenters. The topological polar surface area (TPSA) is 93.0 Å². The zero-order valence-electron chi connectivity index (χ0n) is 14.2. The minimum absolute atomic E-state index is 0.0306. The molecule has 0 bridgehead atoms. The first-order valence-electron chi connectivity index (χ1n) is 8.75. The number of hydrogen-bond acceptors (Lipinski definition) is 7. The van der Waals surface area contributed by atoms with Crippen LogP contribution in [-0.2, 0) is 9.59 Å². The van der Waals surface area contributed by atoms with Crippen molar-refractivity contribution in [3.8, 4) is 5.82 Å². The zero-order chi connectivity index (χ0) is 17.9. The smallest absolute Gasteiger partial charge is 0.225 e. The molecule has 2 fully saturated rings. The average molecular weight is 372 g/mol. The lowest BCUT2D eigenvalue weighted by Crippen LogP contribution is -2.47. The minimum Gasteiger partial charge on any atom is -0.356 e. The fourth-order valence-electron chi connectivity index (χ4n) is 3.36. The van der Waals surface area contributed by atoms with Crippen LogP contribution in [0.2, 0.25) is 0 Å². The van der Waals surface area contributed by atoms with Gasteiger partial charge in [0, 0.05) is 37.3 Å². The van der Waals surface area contributed by atoms with Crippen LogP contribution in [0, 0.1) is 5.92 Å². The quantitative estimate of drug-likeness (QED) is 0.857. The second-order valence-electron chi connectivity index (χ2n) is 6.49. The highest BCUT2D eigenvalue weighted by Gasteiger charge is 2.32. The molecule has 1 amide bonds. The van der Waals surface area contributed by atoms with Crippen LogP contribution < -0.4 is 10.2 Å². The van der Waals surface area contributed by atoms with Crippen LogP contribution in [-0.4, -0.2) is 55.7 Å². The molecule has 2 aliphatic heterocycles. The molecule has 0 aliphatic carbocycles. The first-order valence-corrected chi connectivity index (χ1v) is 9.73. The maximum atomic E-state index is 12.6. The van der Waals surface area contributed by atoms with Crippen molar-refractivity contribution in [1.29, 1.82) is 0 Å². The largest absolute Gasteiger partial charge is 0.356 e. The molecule has 2 aromatic rings. The Kier molecular flexibility index (Phi) is 4.87. The van der Waals surface area contributed by atoms with Gasteiger partial charge in [0.25, 0.3) is 0 Å². The van der Waals surface area contributed by atoms with E-state index in [2.05, 4.69) is 25.3 Å². The molecular weight excluding hydrogens is 352 g/mol. The van der Waals surface area contributed by atoms with Crippen molar-refractivity contribution >= 4 is 28.6 Å². The van der Waals surface area contributed by atoms with Crippen LogP contribution in [0.5, 0.6) is 0 Å². The van der Waals surface area contributed by atoms with E-state index < -0.39 is 0 Å². The normalized spacial score (nSPS) is 23.2. The SMILES string of the molecule is O=C(N[C@@H]1CCSC1=O)[C@@H]1CCCN(c2cc(-n3cccn3)ncn2)C1. The highest BCUT2D eigenvalue weighted by molar-refractivity contribution is 8.14.